The second-order valence-electron chi connectivity index (χ2n) is 4.42. The van der Waals surface area contributed by atoms with E-state index in [0.717, 1.165) is 17.1 Å². The van der Waals surface area contributed by atoms with Crippen LogP contribution in [0.5, 0.6) is 0 Å². The van der Waals surface area contributed by atoms with Gasteiger partial charge in [0.05, 0.1) is 0 Å². The summed E-state index contributed by atoms with van der Waals surface area (Å²) in [6, 6.07) is 9.93. The van der Waals surface area contributed by atoms with Gasteiger partial charge >= 0.3 is 0 Å². The first-order chi connectivity index (χ1) is 9.02. The van der Waals surface area contributed by atoms with Crippen LogP contribution >= 0.6 is 12.2 Å². The minimum absolute atomic E-state index is 0.480. The van der Waals surface area contributed by atoms with Gasteiger partial charge < -0.3 is 10.6 Å². The Balaban J connectivity index is 2.03. The number of thiocarbonyl (C=S) groups is 1. The molecule has 0 saturated heterocycles. The minimum atomic E-state index is 0.480. The zero-order chi connectivity index (χ0) is 13.8. The Bertz CT molecular complexity index is 573. The Kier molecular flexibility index (Phi) is 4.06. The molecule has 0 aliphatic rings. The fourth-order valence-electron chi connectivity index (χ4n) is 1.68. The maximum absolute atomic E-state index is 5.24. The van der Waals surface area contributed by atoms with Crippen molar-refractivity contribution in [2.45, 2.75) is 20.8 Å². The van der Waals surface area contributed by atoms with E-state index in [0.29, 0.717) is 11.1 Å². The number of aryl methyl sites for hydroxylation is 3. The molecule has 2 rings (SSSR count). The number of aromatic nitrogens is 2. The average molecular weight is 272 g/mol. The van der Waals surface area contributed by atoms with Crippen LogP contribution in [0.3, 0.4) is 0 Å². The molecule has 0 fully saturated rings. The highest BCUT2D eigenvalue weighted by atomic mass is 32.1. The third-order valence-corrected chi connectivity index (χ3v) is 2.72. The molecule has 1 heterocycles. The Morgan fingerprint density at radius 3 is 2.11 bits per heavy atom. The van der Waals surface area contributed by atoms with Crippen molar-refractivity contribution >= 4 is 29.0 Å². The lowest BCUT2D eigenvalue weighted by Gasteiger charge is -2.10. The number of anilines is 2. The van der Waals surface area contributed by atoms with Crippen LogP contribution in [0.25, 0.3) is 0 Å². The second kappa shape index (κ2) is 5.75. The van der Waals surface area contributed by atoms with Gasteiger partial charge in [0.2, 0.25) is 5.95 Å². The number of rotatable bonds is 2. The lowest BCUT2D eigenvalue weighted by Crippen LogP contribution is -2.20. The number of hydrogen-bond acceptors (Lipinski definition) is 3. The van der Waals surface area contributed by atoms with E-state index in [4.69, 9.17) is 12.2 Å². The first-order valence-electron chi connectivity index (χ1n) is 6.00. The van der Waals surface area contributed by atoms with Crippen molar-refractivity contribution in [3.63, 3.8) is 0 Å². The molecule has 0 aliphatic heterocycles. The van der Waals surface area contributed by atoms with Crippen LogP contribution in [0.15, 0.2) is 30.3 Å². The Morgan fingerprint density at radius 2 is 1.53 bits per heavy atom. The standard InChI is InChI=1S/C14H16N4S/c1-9-4-6-12(7-5-9)17-14(19)18-13-15-10(2)8-11(3)16-13/h4-8H,1-3H3,(H2,15,16,17,18,19). The van der Waals surface area contributed by atoms with Crippen molar-refractivity contribution in [3.8, 4) is 0 Å². The molecule has 4 nitrogen and oxygen atoms in total. The lowest BCUT2D eigenvalue weighted by molar-refractivity contribution is 1.07. The van der Waals surface area contributed by atoms with Crippen molar-refractivity contribution in [1.82, 2.24) is 9.97 Å². The molecule has 1 aromatic heterocycles. The quantitative estimate of drug-likeness (QED) is 0.822. The van der Waals surface area contributed by atoms with E-state index in [-0.39, 0.29) is 0 Å². The summed E-state index contributed by atoms with van der Waals surface area (Å²) in [4.78, 5) is 8.56. The maximum Gasteiger partial charge on any atom is 0.229 e. The molecule has 0 atom stereocenters. The molecular weight excluding hydrogens is 256 g/mol. The predicted molar refractivity (Wildman–Crippen MR) is 82.5 cm³/mol. The van der Waals surface area contributed by atoms with Crippen LogP contribution in [-0.2, 0) is 0 Å². The SMILES string of the molecule is Cc1ccc(NC(=S)Nc2nc(C)cc(C)n2)cc1. The summed E-state index contributed by atoms with van der Waals surface area (Å²) in [6.07, 6.45) is 0. The molecule has 0 bridgehead atoms. The number of nitrogens with one attached hydrogen (secondary N) is 2. The molecule has 5 heteroatoms. The van der Waals surface area contributed by atoms with Gasteiger partial charge in [-0.1, -0.05) is 17.7 Å². The van der Waals surface area contributed by atoms with E-state index in [1.165, 1.54) is 5.56 Å². The van der Waals surface area contributed by atoms with Crippen molar-refractivity contribution in [3.05, 3.63) is 47.3 Å². The second-order valence-corrected chi connectivity index (χ2v) is 4.83. The normalized spacial score (nSPS) is 10.1. The monoisotopic (exact) mass is 272 g/mol. The first-order valence-corrected chi connectivity index (χ1v) is 6.41. The topological polar surface area (TPSA) is 49.8 Å². The van der Waals surface area contributed by atoms with Gasteiger partial charge in [0.1, 0.15) is 0 Å². The summed E-state index contributed by atoms with van der Waals surface area (Å²) >= 11 is 5.24. The van der Waals surface area contributed by atoms with Crippen molar-refractivity contribution in [2.75, 3.05) is 10.6 Å². The maximum atomic E-state index is 5.24. The first kappa shape index (κ1) is 13.4. The summed E-state index contributed by atoms with van der Waals surface area (Å²) in [5, 5.41) is 6.56. The van der Waals surface area contributed by atoms with Crippen LogP contribution in [-0.4, -0.2) is 15.1 Å². The summed E-state index contributed by atoms with van der Waals surface area (Å²) in [7, 11) is 0. The Labute approximate surface area is 118 Å². The van der Waals surface area contributed by atoms with E-state index in [1.807, 2.05) is 51.1 Å². The molecule has 1 aromatic carbocycles. The average Bonchev–Trinajstić information content (AvgIpc) is 2.30. The zero-order valence-electron chi connectivity index (χ0n) is 11.2. The van der Waals surface area contributed by atoms with Crippen LogP contribution in [0.1, 0.15) is 17.0 Å². The molecule has 2 N–H and O–H groups in total. The molecule has 0 unspecified atom stereocenters. The predicted octanol–water partition coefficient (Wildman–Crippen LogP) is 3.21. The minimum Gasteiger partial charge on any atom is -0.332 e. The van der Waals surface area contributed by atoms with Gasteiger partial charge in [0.25, 0.3) is 0 Å². The lowest BCUT2D eigenvalue weighted by atomic mass is 10.2. The van der Waals surface area contributed by atoms with Crippen LogP contribution < -0.4 is 10.6 Å². The molecule has 0 amide bonds. The Hall–Kier alpha value is -2.01. The summed E-state index contributed by atoms with van der Waals surface area (Å²) in [5.41, 5.74) is 3.97. The van der Waals surface area contributed by atoms with E-state index >= 15 is 0 Å². The van der Waals surface area contributed by atoms with E-state index in [9.17, 15) is 0 Å². The summed E-state index contributed by atoms with van der Waals surface area (Å²) in [5.74, 6) is 0.516. The summed E-state index contributed by atoms with van der Waals surface area (Å²) < 4.78 is 0. The highest BCUT2D eigenvalue weighted by Gasteiger charge is 2.02. The van der Waals surface area contributed by atoms with Crippen LogP contribution in [0.4, 0.5) is 11.6 Å². The van der Waals surface area contributed by atoms with E-state index < -0.39 is 0 Å². The molecule has 2 aromatic rings. The fourth-order valence-corrected chi connectivity index (χ4v) is 1.89. The van der Waals surface area contributed by atoms with Gasteiger partial charge in [-0.3, -0.25) is 0 Å². The molecule has 98 valence electrons. The van der Waals surface area contributed by atoms with Crippen molar-refractivity contribution in [2.24, 2.45) is 0 Å². The smallest absolute Gasteiger partial charge is 0.229 e. The molecule has 0 radical (unpaired) electrons. The molecule has 19 heavy (non-hydrogen) atoms. The number of benzene rings is 1. The van der Waals surface area contributed by atoms with E-state index in [2.05, 4.69) is 20.6 Å². The molecule has 0 aliphatic carbocycles. The number of nitrogens with zero attached hydrogens (tertiary/aromatic N) is 2. The molecular formula is C14H16N4S. The van der Waals surface area contributed by atoms with Crippen molar-refractivity contribution < 1.29 is 0 Å². The molecule has 0 saturated carbocycles. The fraction of sp³-hybridized carbons (Fsp3) is 0.214. The van der Waals surface area contributed by atoms with Crippen LogP contribution in [0, 0.1) is 20.8 Å². The zero-order valence-corrected chi connectivity index (χ0v) is 12.0. The Morgan fingerprint density at radius 1 is 0.947 bits per heavy atom. The van der Waals surface area contributed by atoms with Gasteiger partial charge in [-0.05, 0) is 51.2 Å². The van der Waals surface area contributed by atoms with Gasteiger partial charge in [-0.25, -0.2) is 9.97 Å². The number of hydrogen-bond donors (Lipinski definition) is 2. The highest BCUT2D eigenvalue weighted by molar-refractivity contribution is 7.80. The molecule has 0 spiro atoms. The van der Waals surface area contributed by atoms with Gasteiger partial charge in [0, 0.05) is 17.1 Å². The summed E-state index contributed by atoms with van der Waals surface area (Å²) in [6.45, 7) is 5.90. The van der Waals surface area contributed by atoms with Crippen LogP contribution in [0.2, 0.25) is 0 Å². The van der Waals surface area contributed by atoms with Gasteiger partial charge in [-0.2, -0.15) is 0 Å². The van der Waals surface area contributed by atoms with E-state index in [1.54, 1.807) is 0 Å². The third kappa shape index (κ3) is 3.99. The van der Waals surface area contributed by atoms with Crippen molar-refractivity contribution in [1.29, 1.82) is 0 Å². The van der Waals surface area contributed by atoms with Gasteiger partial charge in [-0.15, -0.1) is 0 Å². The highest BCUT2D eigenvalue weighted by Crippen LogP contribution is 2.09. The van der Waals surface area contributed by atoms with Gasteiger partial charge in [0.15, 0.2) is 5.11 Å². The third-order valence-electron chi connectivity index (χ3n) is 2.52. The largest absolute Gasteiger partial charge is 0.332 e.